The Labute approximate surface area is 118 Å². The number of carbonyl (C=O) groups excluding carboxylic acids is 1. The second-order valence-corrected chi connectivity index (χ2v) is 5.02. The van der Waals surface area contributed by atoms with Crippen molar-refractivity contribution in [2.75, 3.05) is 0 Å². The molecule has 0 bridgehead atoms. The van der Waals surface area contributed by atoms with Crippen LogP contribution < -0.4 is 0 Å². The van der Waals surface area contributed by atoms with Gasteiger partial charge in [0.05, 0.1) is 9.82 Å². The monoisotopic (exact) mass is 293 g/mol. The number of para-hydroxylation sites is 1. The quantitative estimate of drug-likeness (QED) is 0.483. The summed E-state index contributed by atoms with van der Waals surface area (Å²) in [6, 6.07) is 13.1. The van der Waals surface area contributed by atoms with Gasteiger partial charge in [0.1, 0.15) is 0 Å². The van der Waals surface area contributed by atoms with E-state index in [2.05, 4.69) is 0 Å². The van der Waals surface area contributed by atoms with Crippen molar-refractivity contribution in [2.24, 2.45) is 0 Å². The fourth-order valence-corrected chi connectivity index (χ4v) is 2.80. The van der Waals surface area contributed by atoms with Crippen LogP contribution >= 0.6 is 23.4 Å². The molecule has 0 aliphatic rings. The topological polar surface area (TPSA) is 60.2 Å². The first-order chi connectivity index (χ1) is 9.09. The molecule has 0 saturated heterocycles. The van der Waals surface area contributed by atoms with Gasteiger partial charge in [-0.15, -0.1) is 0 Å². The van der Waals surface area contributed by atoms with Gasteiger partial charge in [-0.1, -0.05) is 36.0 Å². The molecule has 0 radical (unpaired) electrons. The molecule has 0 amide bonds. The summed E-state index contributed by atoms with van der Waals surface area (Å²) in [4.78, 5) is 22.8. The minimum atomic E-state index is -0.582. The molecule has 0 aromatic heterocycles. The SMILES string of the molecule is O=C(Cl)c1ccccc1Sc1ccccc1[N+](=O)[O-]. The van der Waals surface area contributed by atoms with Crippen molar-refractivity contribution in [1.29, 1.82) is 0 Å². The van der Waals surface area contributed by atoms with E-state index in [1.165, 1.54) is 6.07 Å². The summed E-state index contributed by atoms with van der Waals surface area (Å²) in [5.74, 6) is 0. The average molecular weight is 294 g/mol. The molecule has 0 aliphatic carbocycles. The van der Waals surface area contributed by atoms with Gasteiger partial charge >= 0.3 is 0 Å². The van der Waals surface area contributed by atoms with Gasteiger partial charge in [0.15, 0.2) is 0 Å². The van der Waals surface area contributed by atoms with E-state index >= 15 is 0 Å². The zero-order chi connectivity index (χ0) is 13.8. The molecule has 2 rings (SSSR count). The molecule has 0 saturated carbocycles. The fraction of sp³-hybridized carbons (Fsp3) is 0. The lowest BCUT2D eigenvalue weighted by Gasteiger charge is -2.05. The van der Waals surface area contributed by atoms with Crippen LogP contribution in [0.4, 0.5) is 5.69 Å². The first-order valence-electron chi connectivity index (χ1n) is 5.29. The maximum atomic E-state index is 11.3. The Morgan fingerprint density at radius 3 is 2.26 bits per heavy atom. The standard InChI is InChI=1S/C13H8ClNO3S/c14-13(16)9-5-1-3-7-11(9)19-12-8-4-2-6-10(12)15(17)18/h1-8H. The van der Waals surface area contributed by atoms with Crippen LogP contribution in [0.2, 0.25) is 0 Å². The Bertz CT molecular complexity index is 590. The largest absolute Gasteiger partial charge is 0.283 e. The van der Waals surface area contributed by atoms with Crippen LogP contribution in [0.25, 0.3) is 0 Å². The highest BCUT2D eigenvalue weighted by molar-refractivity contribution is 7.99. The molecular formula is C13H8ClNO3S. The summed E-state index contributed by atoms with van der Waals surface area (Å²) in [6.07, 6.45) is 0. The summed E-state index contributed by atoms with van der Waals surface area (Å²) >= 11 is 6.64. The summed E-state index contributed by atoms with van der Waals surface area (Å²) in [5, 5.41) is 10.3. The van der Waals surface area contributed by atoms with E-state index < -0.39 is 10.2 Å². The Hall–Kier alpha value is -1.85. The maximum Gasteiger partial charge on any atom is 0.283 e. The number of nitro groups is 1. The van der Waals surface area contributed by atoms with Gasteiger partial charge in [0.2, 0.25) is 0 Å². The smallest absolute Gasteiger partial charge is 0.276 e. The summed E-state index contributed by atoms with van der Waals surface area (Å²) < 4.78 is 0. The molecule has 0 spiro atoms. The average Bonchev–Trinajstić information content (AvgIpc) is 2.39. The minimum Gasteiger partial charge on any atom is -0.276 e. The van der Waals surface area contributed by atoms with Gasteiger partial charge in [-0.05, 0) is 29.8 Å². The Morgan fingerprint density at radius 2 is 1.63 bits per heavy atom. The Morgan fingerprint density at radius 1 is 1.05 bits per heavy atom. The number of carbonyl (C=O) groups is 1. The lowest BCUT2D eigenvalue weighted by atomic mass is 10.2. The zero-order valence-corrected chi connectivity index (χ0v) is 11.1. The third-order valence-electron chi connectivity index (χ3n) is 2.38. The Balaban J connectivity index is 2.42. The molecule has 4 nitrogen and oxygen atoms in total. The second kappa shape index (κ2) is 5.86. The summed E-state index contributed by atoms with van der Waals surface area (Å²) in [5.41, 5.74) is 0.344. The van der Waals surface area contributed by atoms with Crippen LogP contribution in [-0.2, 0) is 0 Å². The number of halogens is 1. The normalized spacial score (nSPS) is 10.2. The molecule has 0 atom stereocenters. The fourth-order valence-electron chi connectivity index (χ4n) is 1.53. The van der Waals surface area contributed by atoms with Gasteiger partial charge in [-0.25, -0.2) is 0 Å². The van der Waals surface area contributed by atoms with E-state index in [0.717, 1.165) is 11.8 Å². The van der Waals surface area contributed by atoms with E-state index in [1.54, 1.807) is 42.5 Å². The molecule has 2 aromatic rings. The molecule has 0 aliphatic heterocycles. The highest BCUT2D eigenvalue weighted by Crippen LogP contribution is 2.36. The first kappa shape index (κ1) is 13.6. The van der Waals surface area contributed by atoms with Crippen LogP contribution in [0.1, 0.15) is 10.4 Å². The maximum absolute atomic E-state index is 11.3. The first-order valence-corrected chi connectivity index (χ1v) is 6.49. The molecule has 2 aromatic carbocycles. The van der Waals surface area contributed by atoms with Gasteiger partial charge in [0, 0.05) is 16.5 Å². The van der Waals surface area contributed by atoms with Gasteiger partial charge < -0.3 is 0 Å². The van der Waals surface area contributed by atoms with Crippen LogP contribution in [0.3, 0.4) is 0 Å². The molecule has 6 heteroatoms. The van der Waals surface area contributed by atoms with Crippen molar-refractivity contribution < 1.29 is 9.72 Å². The van der Waals surface area contributed by atoms with E-state index in [9.17, 15) is 14.9 Å². The van der Waals surface area contributed by atoms with Gasteiger partial charge in [-0.3, -0.25) is 14.9 Å². The third-order valence-corrected chi connectivity index (χ3v) is 3.73. The van der Waals surface area contributed by atoms with Gasteiger partial charge in [0.25, 0.3) is 10.9 Å². The predicted octanol–water partition coefficient (Wildman–Crippen LogP) is 4.13. The lowest BCUT2D eigenvalue weighted by molar-refractivity contribution is -0.387. The van der Waals surface area contributed by atoms with Gasteiger partial charge in [-0.2, -0.15) is 0 Å². The van der Waals surface area contributed by atoms with Crippen molar-refractivity contribution in [3.63, 3.8) is 0 Å². The molecule has 19 heavy (non-hydrogen) atoms. The zero-order valence-electron chi connectivity index (χ0n) is 9.58. The van der Waals surface area contributed by atoms with Crippen molar-refractivity contribution in [2.45, 2.75) is 9.79 Å². The molecule has 96 valence electrons. The van der Waals surface area contributed by atoms with Crippen molar-refractivity contribution in [3.05, 3.63) is 64.2 Å². The van der Waals surface area contributed by atoms with Crippen molar-refractivity contribution >= 4 is 34.3 Å². The number of hydrogen-bond acceptors (Lipinski definition) is 4. The van der Waals surface area contributed by atoms with E-state index in [4.69, 9.17) is 11.6 Å². The minimum absolute atomic E-state index is 0.00400. The molecule has 0 heterocycles. The lowest BCUT2D eigenvalue weighted by Crippen LogP contribution is -1.93. The van der Waals surface area contributed by atoms with Crippen LogP contribution in [0, 0.1) is 10.1 Å². The second-order valence-electron chi connectivity index (χ2n) is 3.60. The molecular weight excluding hydrogens is 286 g/mol. The van der Waals surface area contributed by atoms with Crippen molar-refractivity contribution in [1.82, 2.24) is 0 Å². The Kier molecular flexibility index (Phi) is 4.19. The summed E-state index contributed by atoms with van der Waals surface area (Å²) in [6.45, 7) is 0. The number of rotatable bonds is 4. The number of nitro benzene ring substituents is 1. The summed E-state index contributed by atoms with van der Waals surface area (Å²) in [7, 11) is 0. The molecule has 0 fully saturated rings. The third kappa shape index (κ3) is 3.13. The highest BCUT2D eigenvalue weighted by atomic mass is 35.5. The van der Waals surface area contributed by atoms with Crippen LogP contribution in [0.5, 0.6) is 0 Å². The predicted molar refractivity (Wildman–Crippen MR) is 73.8 cm³/mol. The number of nitrogens with zero attached hydrogens (tertiary/aromatic N) is 1. The van der Waals surface area contributed by atoms with Crippen LogP contribution in [-0.4, -0.2) is 10.2 Å². The highest BCUT2D eigenvalue weighted by Gasteiger charge is 2.16. The van der Waals surface area contributed by atoms with Crippen molar-refractivity contribution in [3.8, 4) is 0 Å². The number of hydrogen-bond donors (Lipinski definition) is 0. The van der Waals surface area contributed by atoms with Crippen LogP contribution in [0.15, 0.2) is 58.3 Å². The molecule has 0 unspecified atom stereocenters. The van der Waals surface area contributed by atoms with E-state index in [-0.39, 0.29) is 5.69 Å². The molecule has 0 N–H and O–H groups in total. The number of benzene rings is 2. The van der Waals surface area contributed by atoms with E-state index in [1.807, 2.05) is 0 Å². The van der Waals surface area contributed by atoms with E-state index in [0.29, 0.717) is 15.4 Å².